The van der Waals surface area contributed by atoms with Crippen LogP contribution in [0.3, 0.4) is 0 Å². The molecule has 0 radical (unpaired) electrons. The number of para-hydroxylation sites is 1. The fourth-order valence-corrected chi connectivity index (χ4v) is 3.35. The Morgan fingerprint density at radius 3 is 2.53 bits per heavy atom. The summed E-state index contributed by atoms with van der Waals surface area (Å²) in [5.74, 6) is -0.958. The molecule has 0 aliphatic carbocycles. The average molecular weight is 410 g/mol. The third-order valence-corrected chi connectivity index (χ3v) is 4.77. The maximum atomic E-state index is 14.6. The Kier molecular flexibility index (Phi) is 5.31. The number of aromatic amines is 1. The van der Waals surface area contributed by atoms with Crippen LogP contribution in [0.25, 0.3) is 22.4 Å². The number of halogens is 2. The van der Waals surface area contributed by atoms with E-state index in [9.17, 15) is 13.6 Å². The Hall–Kier alpha value is -3.55. The molecule has 2 aromatic heterocycles. The molecule has 0 bridgehead atoms. The topological polar surface area (TPSA) is 72.8 Å². The van der Waals surface area contributed by atoms with E-state index in [-0.39, 0.29) is 23.4 Å². The van der Waals surface area contributed by atoms with Gasteiger partial charge in [0.1, 0.15) is 23.1 Å². The molecule has 30 heavy (non-hydrogen) atoms. The fraction of sp³-hybridized carbons (Fsp3) is 0.227. The van der Waals surface area contributed by atoms with Gasteiger partial charge >= 0.3 is 0 Å². The van der Waals surface area contributed by atoms with Crippen LogP contribution in [0, 0.1) is 11.6 Å². The molecule has 2 heterocycles. The molecule has 0 spiro atoms. The van der Waals surface area contributed by atoms with Crippen molar-refractivity contribution >= 4 is 10.9 Å². The van der Waals surface area contributed by atoms with Gasteiger partial charge < -0.3 is 9.72 Å². The van der Waals surface area contributed by atoms with E-state index < -0.39 is 11.6 Å². The van der Waals surface area contributed by atoms with Crippen LogP contribution >= 0.6 is 0 Å². The molecular formula is C22H20F2N4O2. The highest BCUT2D eigenvalue weighted by Gasteiger charge is 2.18. The Labute approximate surface area is 171 Å². The second kappa shape index (κ2) is 8.06. The number of H-pyrrole nitrogens is 1. The van der Waals surface area contributed by atoms with Gasteiger partial charge in [-0.25, -0.2) is 13.8 Å². The van der Waals surface area contributed by atoms with E-state index in [1.54, 1.807) is 13.0 Å². The van der Waals surface area contributed by atoms with Crippen molar-refractivity contribution in [1.82, 2.24) is 19.7 Å². The van der Waals surface area contributed by atoms with Crippen LogP contribution in [0.2, 0.25) is 0 Å². The first kappa shape index (κ1) is 19.8. The SMILES string of the molecule is CCOc1cc(F)c(Cn2nc(-c3nc(CC)cc(=O)[nH]3)c3ccccc32)c(F)c1. The number of hydrogen-bond donors (Lipinski definition) is 1. The van der Waals surface area contributed by atoms with E-state index in [2.05, 4.69) is 15.1 Å². The fourth-order valence-electron chi connectivity index (χ4n) is 3.35. The monoisotopic (exact) mass is 410 g/mol. The van der Waals surface area contributed by atoms with Gasteiger partial charge in [0, 0.05) is 34.8 Å². The molecule has 1 N–H and O–H groups in total. The van der Waals surface area contributed by atoms with E-state index in [0.29, 0.717) is 35.8 Å². The van der Waals surface area contributed by atoms with Gasteiger partial charge in [-0.3, -0.25) is 9.48 Å². The molecule has 0 aliphatic rings. The highest BCUT2D eigenvalue weighted by Crippen LogP contribution is 2.28. The van der Waals surface area contributed by atoms with Crippen LogP contribution < -0.4 is 10.3 Å². The van der Waals surface area contributed by atoms with E-state index in [1.807, 2.05) is 25.1 Å². The number of rotatable bonds is 6. The molecule has 0 atom stereocenters. The normalized spacial score (nSPS) is 11.2. The number of fused-ring (bicyclic) bond motifs is 1. The van der Waals surface area contributed by atoms with Crippen molar-refractivity contribution in [2.24, 2.45) is 0 Å². The average Bonchev–Trinajstić information content (AvgIpc) is 3.09. The lowest BCUT2D eigenvalue weighted by Gasteiger charge is -2.09. The summed E-state index contributed by atoms with van der Waals surface area (Å²) in [5, 5.41) is 5.25. The molecule has 0 saturated heterocycles. The Morgan fingerprint density at radius 1 is 1.10 bits per heavy atom. The predicted octanol–water partition coefficient (Wildman–Crippen LogP) is 4.07. The number of aromatic nitrogens is 4. The van der Waals surface area contributed by atoms with E-state index in [1.165, 1.54) is 10.7 Å². The maximum absolute atomic E-state index is 14.6. The summed E-state index contributed by atoms with van der Waals surface area (Å²) in [4.78, 5) is 19.2. The summed E-state index contributed by atoms with van der Waals surface area (Å²) in [7, 11) is 0. The lowest BCUT2D eigenvalue weighted by Crippen LogP contribution is -2.11. The minimum absolute atomic E-state index is 0.123. The van der Waals surface area contributed by atoms with E-state index in [4.69, 9.17) is 4.74 Å². The molecule has 8 heteroatoms. The van der Waals surface area contributed by atoms with Gasteiger partial charge in [-0.1, -0.05) is 25.1 Å². The molecule has 0 unspecified atom stereocenters. The Balaban J connectivity index is 1.83. The molecule has 0 amide bonds. The molecule has 154 valence electrons. The zero-order valence-corrected chi connectivity index (χ0v) is 16.6. The molecule has 4 aromatic rings. The number of benzene rings is 2. The summed E-state index contributed by atoms with van der Waals surface area (Å²) >= 11 is 0. The van der Waals surface area contributed by atoms with Crippen molar-refractivity contribution in [3.05, 3.63) is 75.7 Å². The first-order valence-corrected chi connectivity index (χ1v) is 9.67. The highest BCUT2D eigenvalue weighted by atomic mass is 19.1. The van der Waals surface area contributed by atoms with Gasteiger partial charge in [0.05, 0.1) is 18.7 Å². The van der Waals surface area contributed by atoms with Gasteiger partial charge in [0.15, 0.2) is 5.82 Å². The smallest absolute Gasteiger partial charge is 0.251 e. The third kappa shape index (κ3) is 3.68. The van der Waals surface area contributed by atoms with Crippen LogP contribution in [0.5, 0.6) is 5.75 Å². The van der Waals surface area contributed by atoms with Crippen molar-refractivity contribution in [3.63, 3.8) is 0 Å². The summed E-state index contributed by atoms with van der Waals surface area (Å²) in [6.07, 6.45) is 0.595. The van der Waals surface area contributed by atoms with Crippen molar-refractivity contribution in [2.45, 2.75) is 26.8 Å². The second-order valence-electron chi connectivity index (χ2n) is 6.76. The number of ether oxygens (including phenoxy) is 1. The zero-order valence-electron chi connectivity index (χ0n) is 16.6. The summed E-state index contributed by atoms with van der Waals surface area (Å²) in [6, 6.07) is 11.0. The van der Waals surface area contributed by atoms with Crippen LogP contribution in [-0.4, -0.2) is 26.4 Å². The van der Waals surface area contributed by atoms with Gasteiger partial charge in [-0.05, 0) is 19.4 Å². The van der Waals surface area contributed by atoms with E-state index >= 15 is 0 Å². The van der Waals surface area contributed by atoms with Crippen LogP contribution in [0.1, 0.15) is 25.1 Å². The quantitative estimate of drug-likeness (QED) is 0.520. The van der Waals surface area contributed by atoms with E-state index in [0.717, 1.165) is 17.5 Å². The van der Waals surface area contributed by atoms with Crippen LogP contribution in [0.4, 0.5) is 8.78 Å². The molecule has 2 aromatic carbocycles. The number of nitrogens with one attached hydrogen (secondary N) is 1. The van der Waals surface area contributed by atoms with Crippen molar-refractivity contribution in [1.29, 1.82) is 0 Å². The first-order chi connectivity index (χ1) is 14.5. The molecule has 0 saturated carbocycles. The Morgan fingerprint density at radius 2 is 1.83 bits per heavy atom. The van der Waals surface area contributed by atoms with Crippen LogP contribution in [-0.2, 0) is 13.0 Å². The van der Waals surface area contributed by atoms with Crippen LogP contribution in [0.15, 0.2) is 47.3 Å². The van der Waals surface area contributed by atoms with Gasteiger partial charge in [-0.2, -0.15) is 5.10 Å². The summed E-state index contributed by atoms with van der Waals surface area (Å²) in [5.41, 5.74) is 1.35. The highest BCUT2D eigenvalue weighted by molar-refractivity contribution is 5.91. The van der Waals surface area contributed by atoms with Gasteiger partial charge in [0.25, 0.3) is 5.56 Å². The minimum atomic E-state index is -0.709. The first-order valence-electron chi connectivity index (χ1n) is 9.67. The van der Waals surface area contributed by atoms with Crippen molar-refractivity contribution in [3.8, 4) is 17.3 Å². The standard InChI is InChI=1S/C22H20F2N4O2/c1-3-13-9-20(29)26-22(25-13)21-15-7-5-6-8-19(15)28(27-21)12-16-17(23)10-14(30-4-2)11-18(16)24/h5-11H,3-4,12H2,1-2H3,(H,25,26,29). The molecule has 6 nitrogen and oxygen atoms in total. The van der Waals surface area contributed by atoms with Crippen molar-refractivity contribution < 1.29 is 13.5 Å². The maximum Gasteiger partial charge on any atom is 0.251 e. The Bertz CT molecular complexity index is 1260. The van der Waals surface area contributed by atoms with Crippen molar-refractivity contribution in [2.75, 3.05) is 6.61 Å². The zero-order chi connectivity index (χ0) is 21.3. The molecule has 0 aliphatic heterocycles. The summed E-state index contributed by atoms with van der Waals surface area (Å²) in [6.45, 7) is 3.84. The lowest BCUT2D eigenvalue weighted by atomic mass is 10.1. The molecule has 0 fully saturated rings. The summed E-state index contributed by atoms with van der Waals surface area (Å²) < 4.78 is 35.9. The molecule has 4 rings (SSSR count). The van der Waals surface area contributed by atoms with Gasteiger partial charge in [-0.15, -0.1) is 0 Å². The molecular weight excluding hydrogens is 390 g/mol. The second-order valence-corrected chi connectivity index (χ2v) is 6.76. The number of hydrogen-bond acceptors (Lipinski definition) is 4. The minimum Gasteiger partial charge on any atom is -0.494 e. The largest absolute Gasteiger partial charge is 0.494 e. The lowest BCUT2D eigenvalue weighted by molar-refractivity contribution is 0.335. The van der Waals surface area contributed by atoms with Gasteiger partial charge in [0.2, 0.25) is 0 Å². The number of nitrogens with zero attached hydrogens (tertiary/aromatic N) is 3. The third-order valence-electron chi connectivity index (χ3n) is 4.77. The predicted molar refractivity (Wildman–Crippen MR) is 110 cm³/mol. The number of aryl methyl sites for hydroxylation is 1.